The van der Waals surface area contributed by atoms with Crippen LogP contribution in [0.2, 0.25) is 0 Å². The van der Waals surface area contributed by atoms with E-state index in [1.807, 2.05) is 44.7 Å². The Hall–Kier alpha value is -1.20. The van der Waals surface area contributed by atoms with Crippen LogP contribution in [0.5, 0.6) is 5.75 Å². The molecule has 1 fully saturated rings. The van der Waals surface area contributed by atoms with Gasteiger partial charge < -0.3 is 4.74 Å². The molecule has 1 aromatic carbocycles. The monoisotopic (exact) mass is 407 g/mol. The predicted octanol–water partition coefficient (Wildman–Crippen LogP) is 5.85. The first-order valence-electron chi connectivity index (χ1n) is 10.5. The molecule has 4 nitrogen and oxygen atoms in total. The zero-order chi connectivity index (χ0) is 20.7. The van der Waals surface area contributed by atoms with Crippen LogP contribution in [0.4, 0.5) is 0 Å². The number of hydrogen-bond acceptors (Lipinski definition) is 4. The minimum absolute atomic E-state index is 0.00562. The molecule has 0 aliphatic heterocycles. The number of amides is 1. The topological polar surface area (TPSA) is 47.6 Å². The van der Waals surface area contributed by atoms with Crippen molar-refractivity contribution in [1.82, 2.24) is 5.48 Å². The Bertz CT molecular complexity index is 603. The second kappa shape index (κ2) is 10.5. The molecule has 1 saturated carbocycles. The molecule has 1 aliphatic carbocycles. The first kappa shape index (κ1) is 23.1. The van der Waals surface area contributed by atoms with Gasteiger partial charge in [0.1, 0.15) is 5.75 Å². The molecule has 1 amide bonds. The van der Waals surface area contributed by atoms with Gasteiger partial charge in [-0.1, -0.05) is 39.5 Å². The van der Waals surface area contributed by atoms with Gasteiger partial charge in [0.15, 0.2) is 0 Å². The number of rotatable bonds is 9. The fourth-order valence-electron chi connectivity index (χ4n) is 3.84. The van der Waals surface area contributed by atoms with E-state index in [1.165, 1.54) is 30.6 Å². The molecule has 0 heterocycles. The Morgan fingerprint density at radius 2 is 1.79 bits per heavy atom. The molecule has 5 heteroatoms. The Morgan fingerprint density at radius 3 is 2.29 bits per heavy atom. The summed E-state index contributed by atoms with van der Waals surface area (Å²) in [6.45, 7) is 10.1. The van der Waals surface area contributed by atoms with Crippen molar-refractivity contribution in [2.45, 2.75) is 82.5 Å². The van der Waals surface area contributed by atoms with E-state index < -0.39 is 5.60 Å². The number of methoxy groups -OCH3 is 1. The van der Waals surface area contributed by atoms with Gasteiger partial charge in [-0.05, 0) is 63.3 Å². The van der Waals surface area contributed by atoms with Gasteiger partial charge in [0.05, 0.1) is 18.6 Å². The van der Waals surface area contributed by atoms with Crippen molar-refractivity contribution in [3.8, 4) is 5.75 Å². The molecule has 2 unspecified atom stereocenters. The highest BCUT2D eigenvalue weighted by atomic mass is 32.2. The van der Waals surface area contributed by atoms with Gasteiger partial charge in [0.25, 0.3) is 0 Å². The maximum atomic E-state index is 13.1. The molecule has 0 radical (unpaired) electrons. The van der Waals surface area contributed by atoms with Crippen LogP contribution >= 0.6 is 11.8 Å². The van der Waals surface area contributed by atoms with Crippen LogP contribution < -0.4 is 10.2 Å². The maximum Gasteiger partial charge on any atom is 0.248 e. The molecule has 2 atom stereocenters. The van der Waals surface area contributed by atoms with Gasteiger partial charge in [0, 0.05) is 10.1 Å². The van der Waals surface area contributed by atoms with E-state index in [0.717, 1.165) is 12.2 Å². The number of carbonyl (C=O) groups is 1. The summed E-state index contributed by atoms with van der Waals surface area (Å²) in [5, 5.41) is 0.222. The zero-order valence-electron chi connectivity index (χ0n) is 18.3. The maximum absolute atomic E-state index is 13.1. The van der Waals surface area contributed by atoms with Gasteiger partial charge in [-0.2, -0.15) is 0 Å². The third-order valence-corrected chi connectivity index (χ3v) is 6.60. The number of nitrogens with one attached hydrogen (secondary N) is 1. The highest BCUT2D eigenvalue weighted by molar-refractivity contribution is 8.00. The summed E-state index contributed by atoms with van der Waals surface area (Å²) in [4.78, 5) is 19.8. The molecule has 0 bridgehead atoms. The van der Waals surface area contributed by atoms with Crippen LogP contribution in [0.25, 0.3) is 0 Å². The molecular formula is C23H37NO3S. The second-order valence-electron chi connectivity index (χ2n) is 9.17. The van der Waals surface area contributed by atoms with E-state index in [2.05, 4.69) is 31.5 Å². The number of hydroxylamine groups is 1. The predicted molar refractivity (Wildman–Crippen MR) is 117 cm³/mol. The molecule has 28 heavy (non-hydrogen) atoms. The van der Waals surface area contributed by atoms with Crippen molar-refractivity contribution in [2.75, 3.05) is 7.11 Å². The van der Waals surface area contributed by atoms with Crippen LogP contribution in [0, 0.1) is 17.8 Å². The van der Waals surface area contributed by atoms with Crippen molar-refractivity contribution < 1.29 is 14.4 Å². The van der Waals surface area contributed by atoms with Crippen molar-refractivity contribution in [3.05, 3.63) is 24.3 Å². The van der Waals surface area contributed by atoms with Gasteiger partial charge in [0.2, 0.25) is 5.91 Å². The molecule has 1 aliphatic rings. The van der Waals surface area contributed by atoms with Crippen LogP contribution in [0.3, 0.4) is 0 Å². The molecule has 158 valence electrons. The average molecular weight is 408 g/mol. The number of carbonyl (C=O) groups excluding carboxylic acids is 1. The molecule has 0 aromatic heterocycles. The molecular weight excluding hydrogens is 370 g/mol. The number of benzene rings is 1. The lowest BCUT2D eigenvalue weighted by Crippen LogP contribution is -2.43. The average Bonchev–Trinajstić information content (AvgIpc) is 3.13. The van der Waals surface area contributed by atoms with Gasteiger partial charge in [-0.15, -0.1) is 11.8 Å². The van der Waals surface area contributed by atoms with Crippen LogP contribution in [-0.4, -0.2) is 23.9 Å². The first-order chi connectivity index (χ1) is 13.2. The summed E-state index contributed by atoms with van der Waals surface area (Å²) >= 11 is 1.82. The highest BCUT2D eigenvalue weighted by Gasteiger charge is 2.35. The summed E-state index contributed by atoms with van der Waals surface area (Å²) in [5.74, 6) is 1.70. The molecule has 1 aromatic rings. The van der Waals surface area contributed by atoms with Crippen LogP contribution in [-0.2, 0) is 9.63 Å². The minimum Gasteiger partial charge on any atom is -0.497 e. The minimum atomic E-state index is -0.402. The Morgan fingerprint density at radius 1 is 1.18 bits per heavy atom. The van der Waals surface area contributed by atoms with Gasteiger partial charge in [-0.3, -0.25) is 9.63 Å². The SMILES string of the molecule is COc1ccc(SC(CC2CCCC2)C(C(=O)NOC(C)(C)C)C(C)C)cc1. The highest BCUT2D eigenvalue weighted by Crippen LogP contribution is 2.40. The number of hydrogen-bond donors (Lipinski definition) is 1. The van der Waals surface area contributed by atoms with Crippen molar-refractivity contribution >= 4 is 17.7 Å². The fraction of sp³-hybridized carbons (Fsp3) is 0.696. The summed E-state index contributed by atoms with van der Waals surface area (Å²) < 4.78 is 5.28. The Balaban J connectivity index is 2.18. The summed E-state index contributed by atoms with van der Waals surface area (Å²) in [5.41, 5.74) is 2.34. The van der Waals surface area contributed by atoms with Gasteiger partial charge >= 0.3 is 0 Å². The lowest BCUT2D eigenvalue weighted by Gasteiger charge is -2.31. The number of ether oxygens (including phenoxy) is 1. The third kappa shape index (κ3) is 7.32. The molecule has 1 N–H and O–H groups in total. The fourth-order valence-corrected chi connectivity index (χ4v) is 5.44. The van der Waals surface area contributed by atoms with E-state index in [9.17, 15) is 4.79 Å². The van der Waals surface area contributed by atoms with E-state index in [-0.39, 0.29) is 23.0 Å². The lowest BCUT2D eigenvalue weighted by molar-refractivity contribution is -0.151. The molecule has 2 rings (SSSR count). The largest absolute Gasteiger partial charge is 0.497 e. The Labute approximate surface area is 175 Å². The third-order valence-electron chi connectivity index (χ3n) is 5.27. The quantitative estimate of drug-likeness (QED) is 0.412. The van der Waals surface area contributed by atoms with E-state index in [4.69, 9.17) is 9.57 Å². The van der Waals surface area contributed by atoms with Gasteiger partial charge in [-0.25, -0.2) is 5.48 Å². The van der Waals surface area contributed by atoms with Crippen molar-refractivity contribution in [1.29, 1.82) is 0 Å². The standard InChI is InChI=1S/C23H37NO3S/c1-16(2)21(22(25)24-27-23(3,4)5)20(15-17-9-7-8-10-17)28-19-13-11-18(26-6)12-14-19/h11-14,16-17,20-21H,7-10,15H2,1-6H3,(H,24,25). The first-order valence-corrected chi connectivity index (χ1v) is 11.4. The summed E-state index contributed by atoms with van der Waals surface area (Å²) in [6.07, 6.45) is 6.27. The van der Waals surface area contributed by atoms with Crippen LogP contribution in [0.1, 0.15) is 66.7 Å². The van der Waals surface area contributed by atoms with Crippen LogP contribution in [0.15, 0.2) is 29.2 Å². The molecule has 0 spiro atoms. The normalized spacial score (nSPS) is 17.5. The zero-order valence-corrected chi connectivity index (χ0v) is 19.1. The summed E-state index contributed by atoms with van der Waals surface area (Å²) in [6, 6.07) is 8.16. The van der Waals surface area contributed by atoms with E-state index in [0.29, 0.717) is 5.92 Å². The number of thioether (sulfide) groups is 1. The molecule has 0 saturated heterocycles. The van der Waals surface area contributed by atoms with Crippen molar-refractivity contribution in [3.63, 3.8) is 0 Å². The van der Waals surface area contributed by atoms with Crippen molar-refractivity contribution in [2.24, 2.45) is 17.8 Å². The van der Waals surface area contributed by atoms with E-state index in [1.54, 1.807) is 7.11 Å². The van der Waals surface area contributed by atoms with E-state index >= 15 is 0 Å². The smallest absolute Gasteiger partial charge is 0.248 e. The second-order valence-corrected chi connectivity index (χ2v) is 10.5. The lowest BCUT2D eigenvalue weighted by atomic mass is 9.86. The summed E-state index contributed by atoms with van der Waals surface area (Å²) in [7, 11) is 1.68. The Kier molecular flexibility index (Phi) is 8.69.